The zero-order valence-corrected chi connectivity index (χ0v) is 10.0. The molecule has 92 valence electrons. The quantitative estimate of drug-likeness (QED) is 0.790. The summed E-state index contributed by atoms with van der Waals surface area (Å²) in [4.78, 5) is 0. The standard InChI is InChI=1S/C13H23NO2/c1-2-11(1)3-8-15-12-9-13(16-10-12)4-6-14-7-5-13/h11-12,14H,1-10H2. The molecule has 16 heavy (non-hydrogen) atoms. The Morgan fingerprint density at radius 1 is 1.25 bits per heavy atom. The lowest BCUT2D eigenvalue weighted by atomic mass is 9.89. The summed E-state index contributed by atoms with van der Waals surface area (Å²) in [7, 11) is 0. The van der Waals surface area contributed by atoms with E-state index in [9.17, 15) is 0 Å². The molecule has 1 aliphatic carbocycles. The van der Waals surface area contributed by atoms with Gasteiger partial charge in [-0.2, -0.15) is 0 Å². The van der Waals surface area contributed by atoms with Gasteiger partial charge in [0, 0.05) is 13.0 Å². The predicted octanol–water partition coefficient (Wildman–Crippen LogP) is 1.71. The van der Waals surface area contributed by atoms with Crippen LogP contribution in [0.15, 0.2) is 0 Å². The lowest BCUT2D eigenvalue weighted by Gasteiger charge is -2.32. The van der Waals surface area contributed by atoms with Crippen LogP contribution in [0.4, 0.5) is 0 Å². The number of rotatable bonds is 4. The van der Waals surface area contributed by atoms with Crippen molar-refractivity contribution < 1.29 is 9.47 Å². The van der Waals surface area contributed by atoms with Crippen LogP contribution in [0.5, 0.6) is 0 Å². The van der Waals surface area contributed by atoms with E-state index >= 15 is 0 Å². The molecule has 3 heteroatoms. The second-order valence-corrected chi connectivity index (χ2v) is 5.67. The van der Waals surface area contributed by atoms with E-state index in [1.54, 1.807) is 0 Å². The molecule has 0 aromatic heterocycles. The highest BCUT2D eigenvalue weighted by molar-refractivity contribution is 4.93. The van der Waals surface area contributed by atoms with Crippen LogP contribution in [0.1, 0.15) is 38.5 Å². The summed E-state index contributed by atoms with van der Waals surface area (Å²) in [5.41, 5.74) is 0.162. The van der Waals surface area contributed by atoms with E-state index in [0.29, 0.717) is 6.10 Å². The van der Waals surface area contributed by atoms with Crippen LogP contribution in [-0.2, 0) is 9.47 Å². The monoisotopic (exact) mass is 225 g/mol. The van der Waals surface area contributed by atoms with Gasteiger partial charge in [-0.15, -0.1) is 0 Å². The van der Waals surface area contributed by atoms with Crippen molar-refractivity contribution in [3.8, 4) is 0 Å². The molecule has 3 fully saturated rings. The zero-order valence-electron chi connectivity index (χ0n) is 10.0. The maximum absolute atomic E-state index is 6.00. The van der Waals surface area contributed by atoms with Gasteiger partial charge in [0.1, 0.15) is 0 Å². The number of hydrogen-bond donors (Lipinski definition) is 1. The van der Waals surface area contributed by atoms with Crippen molar-refractivity contribution in [2.24, 2.45) is 5.92 Å². The summed E-state index contributed by atoms with van der Waals surface area (Å²) in [6.45, 7) is 3.99. The molecule has 1 atom stereocenters. The third-order valence-electron chi connectivity index (χ3n) is 4.27. The van der Waals surface area contributed by atoms with Gasteiger partial charge < -0.3 is 14.8 Å². The van der Waals surface area contributed by atoms with Crippen molar-refractivity contribution in [3.05, 3.63) is 0 Å². The first kappa shape index (κ1) is 11.0. The molecule has 1 saturated carbocycles. The predicted molar refractivity (Wildman–Crippen MR) is 62.5 cm³/mol. The van der Waals surface area contributed by atoms with E-state index in [2.05, 4.69) is 5.32 Å². The van der Waals surface area contributed by atoms with Crippen LogP contribution in [-0.4, -0.2) is 38.0 Å². The van der Waals surface area contributed by atoms with E-state index in [-0.39, 0.29) is 5.60 Å². The van der Waals surface area contributed by atoms with E-state index < -0.39 is 0 Å². The van der Waals surface area contributed by atoms with Gasteiger partial charge in [0.25, 0.3) is 0 Å². The zero-order chi connectivity index (χ0) is 10.8. The molecular weight excluding hydrogens is 202 g/mol. The third-order valence-corrected chi connectivity index (χ3v) is 4.27. The van der Waals surface area contributed by atoms with Gasteiger partial charge in [0.2, 0.25) is 0 Å². The molecule has 1 spiro atoms. The first-order valence-corrected chi connectivity index (χ1v) is 6.83. The minimum atomic E-state index is 0.162. The topological polar surface area (TPSA) is 30.5 Å². The second-order valence-electron chi connectivity index (χ2n) is 5.67. The molecular formula is C13H23NO2. The minimum absolute atomic E-state index is 0.162. The van der Waals surface area contributed by atoms with Gasteiger partial charge in [-0.25, -0.2) is 0 Å². The summed E-state index contributed by atoms with van der Waals surface area (Å²) in [5.74, 6) is 0.982. The highest BCUT2D eigenvalue weighted by atomic mass is 16.6. The van der Waals surface area contributed by atoms with E-state index in [4.69, 9.17) is 9.47 Å². The lowest BCUT2D eigenvalue weighted by molar-refractivity contribution is -0.0234. The normalized spacial score (nSPS) is 33.4. The first-order valence-electron chi connectivity index (χ1n) is 6.83. The first-order chi connectivity index (χ1) is 7.86. The van der Waals surface area contributed by atoms with Crippen LogP contribution in [0.2, 0.25) is 0 Å². The number of nitrogens with one attached hydrogen (secondary N) is 1. The SMILES string of the molecule is C1CC2(CCN1)CC(OCCC1CC1)CO2. The average molecular weight is 225 g/mol. The molecule has 2 aliphatic heterocycles. The molecule has 0 aromatic carbocycles. The molecule has 1 N–H and O–H groups in total. The Balaban J connectivity index is 1.40. The Bertz CT molecular complexity index is 234. The minimum Gasteiger partial charge on any atom is -0.376 e. The maximum Gasteiger partial charge on any atom is 0.0836 e. The van der Waals surface area contributed by atoms with E-state index in [1.165, 1.54) is 19.3 Å². The van der Waals surface area contributed by atoms with Crippen molar-refractivity contribution in [1.29, 1.82) is 0 Å². The second kappa shape index (κ2) is 4.63. The van der Waals surface area contributed by atoms with Gasteiger partial charge in [0.15, 0.2) is 0 Å². The van der Waals surface area contributed by atoms with Crippen LogP contribution in [0.25, 0.3) is 0 Å². The third kappa shape index (κ3) is 2.58. The van der Waals surface area contributed by atoms with Crippen molar-refractivity contribution in [3.63, 3.8) is 0 Å². The average Bonchev–Trinajstić information content (AvgIpc) is 3.04. The lowest BCUT2D eigenvalue weighted by Crippen LogP contribution is -2.41. The molecule has 2 saturated heterocycles. The molecule has 3 rings (SSSR count). The summed E-state index contributed by atoms with van der Waals surface area (Å²) in [6.07, 6.45) is 7.95. The van der Waals surface area contributed by atoms with E-state index in [1.807, 2.05) is 0 Å². The molecule has 0 amide bonds. The van der Waals surface area contributed by atoms with Crippen molar-refractivity contribution in [2.75, 3.05) is 26.3 Å². The number of ether oxygens (including phenoxy) is 2. The fraction of sp³-hybridized carbons (Fsp3) is 1.00. The van der Waals surface area contributed by atoms with Crippen molar-refractivity contribution in [2.45, 2.75) is 50.2 Å². The Kier molecular flexibility index (Phi) is 3.18. The Morgan fingerprint density at radius 2 is 2.06 bits per heavy atom. The van der Waals surface area contributed by atoms with Gasteiger partial charge in [-0.05, 0) is 38.3 Å². The maximum atomic E-state index is 6.00. The highest BCUT2D eigenvalue weighted by Crippen LogP contribution is 2.36. The van der Waals surface area contributed by atoms with Crippen LogP contribution < -0.4 is 5.32 Å². The molecule has 0 aromatic rings. The fourth-order valence-corrected chi connectivity index (χ4v) is 2.95. The van der Waals surface area contributed by atoms with Crippen molar-refractivity contribution in [1.82, 2.24) is 5.32 Å². The van der Waals surface area contributed by atoms with Gasteiger partial charge in [-0.3, -0.25) is 0 Å². The molecule has 3 nitrogen and oxygen atoms in total. The van der Waals surface area contributed by atoms with Crippen LogP contribution in [0, 0.1) is 5.92 Å². The highest BCUT2D eigenvalue weighted by Gasteiger charge is 2.41. The summed E-state index contributed by atoms with van der Waals surface area (Å²) in [5, 5.41) is 3.40. The summed E-state index contributed by atoms with van der Waals surface area (Å²) >= 11 is 0. The Hall–Kier alpha value is -0.120. The van der Waals surface area contributed by atoms with Gasteiger partial charge in [0.05, 0.1) is 18.3 Å². The van der Waals surface area contributed by atoms with Gasteiger partial charge in [-0.1, -0.05) is 12.8 Å². The van der Waals surface area contributed by atoms with Crippen molar-refractivity contribution >= 4 is 0 Å². The summed E-state index contributed by atoms with van der Waals surface area (Å²) < 4.78 is 11.9. The van der Waals surface area contributed by atoms with Crippen LogP contribution in [0.3, 0.4) is 0 Å². The van der Waals surface area contributed by atoms with Gasteiger partial charge >= 0.3 is 0 Å². The van der Waals surface area contributed by atoms with E-state index in [0.717, 1.165) is 51.5 Å². The Labute approximate surface area is 97.9 Å². The fourth-order valence-electron chi connectivity index (χ4n) is 2.95. The number of piperidine rings is 1. The van der Waals surface area contributed by atoms with Crippen LogP contribution >= 0.6 is 0 Å². The molecule has 0 bridgehead atoms. The molecule has 2 heterocycles. The largest absolute Gasteiger partial charge is 0.376 e. The smallest absolute Gasteiger partial charge is 0.0836 e. The Morgan fingerprint density at radius 3 is 2.81 bits per heavy atom. The molecule has 1 unspecified atom stereocenters. The molecule has 3 aliphatic rings. The summed E-state index contributed by atoms with van der Waals surface area (Å²) in [6, 6.07) is 0. The molecule has 0 radical (unpaired) electrons. The number of hydrogen-bond acceptors (Lipinski definition) is 3.